The fourth-order valence-corrected chi connectivity index (χ4v) is 2.77. The van der Waals surface area contributed by atoms with Crippen molar-refractivity contribution < 1.29 is 27.5 Å². The monoisotopic (exact) mass is 389 g/mol. The number of phenolic OH excluding ortho intramolecular Hbond substituents is 1. The molecule has 0 saturated carbocycles. The van der Waals surface area contributed by atoms with Gasteiger partial charge in [0.15, 0.2) is 23.2 Å². The molecule has 0 aliphatic rings. The standard InChI is InChI=1S/C21H15F4NO2/c1-10-7-13(12-3-4-15(22)17(24)9-12)8-14(11(10)2)21(28)26-20-16(23)5-6-18(27)19(20)25/h3-9,27H,1-2H3,(H,26,28). The van der Waals surface area contributed by atoms with Crippen molar-refractivity contribution in [2.75, 3.05) is 5.32 Å². The Morgan fingerprint density at radius 3 is 2.21 bits per heavy atom. The molecule has 0 atom stereocenters. The molecule has 7 heteroatoms. The average molecular weight is 389 g/mol. The van der Waals surface area contributed by atoms with Crippen molar-refractivity contribution in [3.05, 3.63) is 82.4 Å². The van der Waals surface area contributed by atoms with E-state index in [0.29, 0.717) is 22.3 Å². The van der Waals surface area contributed by atoms with Crippen LogP contribution in [0.25, 0.3) is 11.1 Å². The summed E-state index contributed by atoms with van der Waals surface area (Å²) in [5.41, 5.74) is 1.31. The third-order valence-corrected chi connectivity index (χ3v) is 4.47. The number of halogens is 4. The first-order valence-electron chi connectivity index (χ1n) is 8.24. The number of carbonyl (C=O) groups is 1. The molecular weight excluding hydrogens is 374 g/mol. The first-order valence-corrected chi connectivity index (χ1v) is 8.24. The van der Waals surface area contributed by atoms with E-state index in [-0.39, 0.29) is 5.56 Å². The zero-order valence-electron chi connectivity index (χ0n) is 14.9. The van der Waals surface area contributed by atoms with Crippen molar-refractivity contribution in [3.63, 3.8) is 0 Å². The molecule has 0 fully saturated rings. The van der Waals surface area contributed by atoms with E-state index in [1.165, 1.54) is 12.1 Å². The topological polar surface area (TPSA) is 49.3 Å². The highest BCUT2D eigenvalue weighted by molar-refractivity contribution is 6.06. The van der Waals surface area contributed by atoms with Gasteiger partial charge < -0.3 is 10.4 Å². The number of aryl methyl sites for hydroxylation is 1. The highest BCUT2D eigenvalue weighted by atomic mass is 19.2. The lowest BCUT2D eigenvalue weighted by molar-refractivity contribution is 0.102. The third kappa shape index (κ3) is 3.55. The van der Waals surface area contributed by atoms with Crippen LogP contribution in [0.1, 0.15) is 21.5 Å². The van der Waals surface area contributed by atoms with Crippen molar-refractivity contribution in [3.8, 4) is 16.9 Å². The molecule has 0 heterocycles. The molecule has 28 heavy (non-hydrogen) atoms. The second-order valence-corrected chi connectivity index (χ2v) is 6.30. The zero-order chi connectivity index (χ0) is 20.6. The van der Waals surface area contributed by atoms with Crippen LogP contribution in [-0.2, 0) is 0 Å². The molecule has 3 aromatic carbocycles. The number of anilines is 1. The first-order chi connectivity index (χ1) is 13.2. The Hall–Kier alpha value is -3.35. The number of hydrogen-bond acceptors (Lipinski definition) is 2. The summed E-state index contributed by atoms with van der Waals surface area (Å²) in [5.74, 6) is -5.99. The van der Waals surface area contributed by atoms with E-state index in [9.17, 15) is 27.5 Å². The minimum atomic E-state index is -1.29. The minimum absolute atomic E-state index is 0.0990. The molecule has 3 aromatic rings. The lowest BCUT2D eigenvalue weighted by Crippen LogP contribution is -2.16. The van der Waals surface area contributed by atoms with Gasteiger partial charge in [-0.1, -0.05) is 12.1 Å². The van der Waals surface area contributed by atoms with Crippen LogP contribution in [0.15, 0.2) is 42.5 Å². The Morgan fingerprint density at radius 2 is 1.54 bits per heavy atom. The predicted octanol–water partition coefficient (Wildman–Crippen LogP) is 5.48. The molecule has 1 amide bonds. The molecule has 2 N–H and O–H groups in total. The number of aromatic hydroxyl groups is 1. The molecule has 0 unspecified atom stereocenters. The van der Waals surface area contributed by atoms with Crippen LogP contribution in [0.5, 0.6) is 5.75 Å². The molecule has 0 spiro atoms. The fraction of sp³-hybridized carbons (Fsp3) is 0.0952. The second-order valence-electron chi connectivity index (χ2n) is 6.30. The fourth-order valence-electron chi connectivity index (χ4n) is 2.77. The van der Waals surface area contributed by atoms with Crippen LogP contribution in [0, 0.1) is 37.1 Å². The zero-order valence-corrected chi connectivity index (χ0v) is 14.9. The van der Waals surface area contributed by atoms with Crippen LogP contribution in [0.4, 0.5) is 23.2 Å². The van der Waals surface area contributed by atoms with E-state index in [2.05, 4.69) is 5.32 Å². The summed E-state index contributed by atoms with van der Waals surface area (Å²) in [6, 6.07) is 8.09. The van der Waals surface area contributed by atoms with Gasteiger partial charge >= 0.3 is 0 Å². The summed E-state index contributed by atoms with van der Waals surface area (Å²) in [4.78, 5) is 12.6. The Labute approximate surface area is 158 Å². The molecule has 144 valence electrons. The van der Waals surface area contributed by atoms with Gasteiger partial charge in [0.25, 0.3) is 5.91 Å². The quantitative estimate of drug-likeness (QED) is 0.583. The number of phenols is 1. The molecular formula is C21H15F4NO2. The summed E-state index contributed by atoms with van der Waals surface area (Å²) >= 11 is 0. The molecule has 0 bridgehead atoms. The summed E-state index contributed by atoms with van der Waals surface area (Å²) in [7, 11) is 0. The molecule has 0 radical (unpaired) electrons. The number of rotatable bonds is 3. The normalized spacial score (nSPS) is 10.8. The molecule has 3 rings (SSSR count). The summed E-state index contributed by atoms with van der Waals surface area (Å²) in [6.07, 6.45) is 0. The van der Waals surface area contributed by atoms with E-state index < -0.39 is 40.6 Å². The van der Waals surface area contributed by atoms with Gasteiger partial charge in [-0.05, 0) is 66.4 Å². The van der Waals surface area contributed by atoms with E-state index in [1.807, 2.05) is 0 Å². The highest BCUT2D eigenvalue weighted by Gasteiger charge is 2.19. The minimum Gasteiger partial charge on any atom is -0.505 e. The molecule has 0 aromatic heterocycles. The van der Waals surface area contributed by atoms with Gasteiger partial charge in [0.2, 0.25) is 0 Å². The Morgan fingerprint density at radius 1 is 0.857 bits per heavy atom. The third-order valence-electron chi connectivity index (χ3n) is 4.47. The lowest BCUT2D eigenvalue weighted by Gasteiger charge is -2.14. The molecule has 0 aliphatic carbocycles. The van der Waals surface area contributed by atoms with Crippen LogP contribution < -0.4 is 5.32 Å². The maximum Gasteiger partial charge on any atom is 0.256 e. The summed E-state index contributed by atoms with van der Waals surface area (Å²) < 4.78 is 54.6. The Balaban J connectivity index is 2.04. The maximum atomic E-state index is 14.0. The van der Waals surface area contributed by atoms with Gasteiger partial charge in [-0.3, -0.25) is 4.79 Å². The van der Waals surface area contributed by atoms with Crippen molar-refractivity contribution >= 4 is 11.6 Å². The van der Waals surface area contributed by atoms with Gasteiger partial charge in [0.1, 0.15) is 11.5 Å². The van der Waals surface area contributed by atoms with Crippen molar-refractivity contribution in [1.29, 1.82) is 0 Å². The van der Waals surface area contributed by atoms with Crippen LogP contribution in [0.3, 0.4) is 0 Å². The maximum absolute atomic E-state index is 14.0. The van der Waals surface area contributed by atoms with Gasteiger partial charge in [-0.25, -0.2) is 17.6 Å². The first kappa shape index (κ1) is 19.4. The summed E-state index contributed by atoms with van der Waals surface area (Å²) in [6.45, 7) is 3.36. The molecule has 3 nitrogen and oxygen atoms in total. The predicted molar refractivity (Wildman–Crippen MR) is 97.2 cm³/mol. The number of hydrogen-bond donors (Lipinski definition) is 2. The largest absolute Gasteiger partial charge is 0.505 e. The Kier molecular flexibility index (Phi) is 5.09. The van der Waals surface area contributed by atoms with E-state index >= 15 is 0 Å². The average Bonchev–Trinajstić information content (AvgIpc) is 2.66. The molecule has 0 aliphatic heterocycles. The highest BCUT2D eigenvalue weighted by Crippen LogP contribution is 2.29. The van der Waals surface area contributed by atoms with Crippen LogP contribution >= 0.6 is 0 Å². The lowest BCUT2D eigenvalue weighted by atomic mass is 9.95. The molecule has 0 saturated heterocycles. The second kappa shape index (κ2) is 7.34. The number of amides is 1. The Bertz CT molecular complexity index is 1100. The number of carbonyl (C=O) groups excluding carboxylic acids is 1. The van der Waals surface area contributed by atoms with Crippen molar-refractivity contribution in [2.24, 2.45) is 0 Å². The number of nitrogens with one attached hydrogen (secondary N) is 1. The van der Waals surface area contributed by atoms with Gasteiger partial charge in [-0.15, -0.1) is 0 Å². The van der Waals surface area contributed by atoms with Crippen LogP contribution in [0.2, 0.25) is 0 Å². The van der Waals surface area contributed by atoms with Gasteiger partial charge in [-0.2, -0.15) is 0 Å². The van der Waals surface area contributed by atoms with Crippen molar-refractivity contribution in [2.45, 2.75) is 13.8 Å². The van der Waals surface area contributed by atoms with E-state index in [0.717, 1.165) is 24.3 Å². The van der Waals surface area contributed by atoms with Crippen molar-refractivity contribution in [1.82, 2.24) is 0 Å². The number of benzene rings is 3. The van der Waals surface area contributed by atoms with Crippen LogP contribution in [-0.4, -0.2) is 11.0 Å². The van der Waals surface area contributed by atoms with Gasteiger partial charge in [0.05, 0.1) is 0 Å². The van der Waals surface area contributed by atoms with E-state index in [4.69, 9.17) is 0 Å². The summed E-state index contributed by atoms with van der Waals surface area (Å²) in [5, 5.41) is 11.5. The van der Waals surface area contributed by atoms with Gasteiger partial charge in [0, 0.05) is 5.56 Å². The smallest absolute Gasteiger partial charge is 0.256 e. The SMILES string of the molecule is Cc1cc(-c2ccc(F)c(F)c2)cc(C(=O)Nc2c(F)ccc(O)c2F)c1C. The van der Waals surface area contributed by atoms with E-state index in [1.54, 1.807) is 19.9 Å².